The van der Waals surface area contributed by atoms with Crippen LogP contribution in [0.4, 0.5) is 0 Å². The third kappa shape index (κ3) is 5.59. The highest BCUT2D eigenvalue weighted by Crippen LogP contribution is 2.11. The minimum Gasteiger partial charge on any atom is -0.475 e. The Hall–Kier alpha value is -1.10. The van der Waals surface area contributed by atoms with E-state index in [1.807, 2.05) is 0 Å². The molecule has 5 atom stereocenters. The lowest BCUT2D eigenvalue weighted by Gasteiger charge is -2.28. The van der Waals surface area contributed by atoms with Gasteiger partial charge in [-0.05, 0) is 0 Å². The van der Waals surface area contributed by atoms with Gasteiger partial charge in [-0.1, -0.05) is 0 Å². The quantitative estimate of drug-likeness (QED) is 0.235. The summed E-state index contributed by atoms with van der Waals surface area (Å²) in [6.07, 6.45) is -10.5. The van der Waals surface area contributed by atoms with Crippen LogP contribution in [0.15, 0.2) is 0 Å². The maximum atomic E-state index is 10.8. The molecule has 0 spiro atoms. The molecule has 0 aliphatic carbocycles. The smallest absolute Gasteiger partial charge is 0.372 e. The highest BCUT2D eigenvalue weighted by molar-refractivity contribution is 6.32. The van der Waals surface area contributed by atoms with E-state index >= 15 is 0 Å². The second-order valence-corrected chi connectivity index (χ2v) is 3.91. The number of ketones is 1. The molecule has 112 valence electrons. The van der Waals surface area contributed by atoms with E-state index < -0.39 is 62.4 Å². The van der Waals surface area contributed by atoms with Crippen LogP contribution in [0.25, 0.3) is 0 Å². The monoisotopic (exact) mass is 283 g/mol. The van der Waals surface area contributed by atoms with Gasteiger partial charge in [-0.15, -0.1) is 0 Å². The average Bonchev–Trinajstić information content (AvgIpc) is 2.41. The number of Topliss-reactive ketones (excluding diaryl/α,β-unsaturated/α-hetero) is 1. The Labute approximate surface area is 110 Å². The number of carboxylic acids is 1. The van der Waals surface area contributed by atoms with Gasteiger partial charge in [0.25, 0.3) is 0 Å². The number of hydrogen-bond acceptors (Lipinski definition) is 8. The number of aliphatic hydroxyl groups is 5. The number of aliphatic hydroxyl groups excluding tert-OH is 5. The van der Waals surface area contributed by atoms with E-state index in [0.717, 1.165) is 0 Å². The zero-order valence-corrected chi connectivity index (χ0v) is 9.92. The van der Waals surface area contributed by atoms with Gasteiger partial charge in [-0.2, -0.15) is 0 Å². The number of methoxy groups -OCH3 is 1. The molecule has 0 bridgehead atoms. The van der Waals surface area contributed by atoms with E-state index in [-0.39, 0.29) is 0 Å². The van der Waals surface area contributed by atoms with Crippen molar-refractivity contribution in [3.8, 4) is 0 Å². The zero-order chi connectivity index (χ0) is 15.9. The maximum absolute atomic E-state index is 10.8. The van der Waals surface area contributed by atoms with Crippen molar-refractivity contribution in [3.05, 3.63) is 0 Å². The minimum atomic E-state index is -2.04. The van der Waals surface area contributed by atoms with Crippen LogP contribution in [0.5, 0.6) is 0 Å². The van der Waals surface area contributed by atoms with Crippen LogP contribution in [0.1, 0.15) is 7.79 Å². The molecule has 0 saturated heterocycles. The van der Waals surface area contributed by atoms with Gasteiger partial charge >= 0.3 is 5.97 Å². The van der Waals surface area contributed by atoms with Gasteiger partial charge in [0.15, 0.2) is 0 Å². The molecule has 0 aromatic rings. The number of rotatable bonds is 9. The summed E-state index contributed by atoms with van der Waals surface area (Å²) < 4.78 is 11.1. The van der Waals surface area contributed by atoms with E-state index in [9.17, 15) is 35.1 Å². The summed E-state index contributed by atoms with van der Waals surface area (Å²) in [6.45, 7) is -0.488. The Morgan fingerprint density at radius 3 is 2.05 bits per heavy atom. The fourth-order valence-corrected chi connectivity index (χ4v) is 1.27. The molecule has 9 nitrogen and oxygen atoms in total. The summed E-state index contributed by atoms with van der Waals surface area (Å²) in [5, 5.41) is 55.5. The van der Waals surface area contributed by atoms with Crippen LogP contribution >= 0.6 is 0 Å². The van der Waals surface area contributed by atoms with Gasteiger partial charge in [0.1, 0.15) is 24.4 Å². The predicted molar refractivity (Wildman–Crippen MR) is 59.2 cm³/mol. The summed E-state index contributed by atoms with van der Waals surface area (Å²) in [6, 6.07) is 0. The Bertz CT molecular complexity index is 324. The number of aliphatic carboxylic acids is 1. The normalized spacial score (nSPS) is 19.9. The van der Waals surface area contributed by atoms with Crippen molar-refractivity contribution in [1.82, 2.24) is 0 Å². The summed E-state index contributed by atoms with van der Waals surface area (Å²) in [5.74, 6) is -3.19. The van der Waals surface area contributed by atoms with Crippen LogP contribution in [0.3, 0.4) is 0 Å². The molecule has 19 heavy (non-hydrogen) atoms. The molecule has 0 unspecified atom stereocenters. The molecule has 0 aliphatic heterocycles. The molecular formula is C10H18O9. The van der Waals surface area contributed by atoms with Gasteiger partial charge in [0.2, 0.25) is 5.78 Å². The SMILES string of the molecule is [2H]COC[C@@H](O)[C@@H](O)[C@H](O)[C@H](O)[C@@H](O)CC(=O)C(=O)O. The van der Waals surface area contributed by atoms with Crippen LogP contribution in [0.2, 0.25) is 0 Å². The lowest BCUT2D eigenvalue weighted by atomic mass is 9.97. The Kier molecular flexibility index (Phi) is 6.84. The first-order chi connectivity index (χ1) is 9.22. The van der Waals surface area contributed by atoms with Crippen molar-refractivity contribution in [1.29, 1.82) is 0 Å². The highest BCUT2D eigenvalue weighted by Gasteiger charge is 2.35. The second kappa shape index (κ2) is 8.15. The molecule has 0 amide bonds. The molecule has 0 aromatic heterocycles. The van der Waals surface area contributed by atoms with Crippen LogP contribution in [-0.4, -0.2) is 86.6 Å². The Morgan fingerprint density at radius 2 is 1.58 bits per heavy atom. The van der Waals surface area contributed by atoms with Gasteiger partial charge in [-0.3, -0.25) is 4.79 Å². The van der Waals surface area contributed by atoms with Crippen molar-refractivity contribution in [2.24, 2.45) is 0 Å². The minimum absolute atomic E-state index is 0.488. The fraction of sp³-hybridized carbons (Fsp3) is 0.800. The van der Waals surface area contributed by atoms with E-state index in [1.165, 1.54) is 0 Å². The molecule has 0 rings (SSSR count). The Balaban J connectivity index is 4.47. The lowest BCUT2D eigenvalue weighted by Crippen LogP contribution is -2.50. The number of hydrogen-bond donors (Lipinski definition) is 6. The predicted octanol–water partition coefficient (Wildman–Crippen LogP) is -3.52. The average molecular weight is 283 g/mol. The van der Waals surface area contributed by atoms with Crippen molar-refractivity contribution in [2.75, 3.05) is 13.7 Å². The van der Waals surface area contributed by atoms with Gasteiger partial charge in [-0.25, -0.2) is 4.79 Å². The largest absolute Gasteiger partial charge is 0.475 e. The van der Waals surface area contributed by atoms with E-state index in [0.29, 0.717) is 0 Å². The molecule has 9 heteroatoms. The number of ether oxygens (including phenoxy) is 1. The third-order valence-electron chi connectivity index (χ3n) is 2.41. The zero-order valence-electron chi connectivity index (χ0n) is 10.9. The van der Waals surface area contributed by atoms with E-state index in [2.05, 4.69) is 4.74 Å². The molecular weight excluding hydrogens is 264 g/mol. The van der Waals surface area contributed by atoms with Gasteiger partial charge < -0.3 is 35.4 Å². The number of carbonyl (C=O) groups is 2. The van der Waals surface area contributed by atoms with Crippen LogP contribution < -0.4 is 0 Å². The molecule has 6 N–H and O–H groups in total. The topological polar surface area (TPSA) is 165 Å². The van der Waals surface area contributed by atoms with Crippen molar-refractivity contribution >= 4 is 11.8 Å². The van der Waals surface area contributed by atoms with Gasteiger partial charge in [0.05, 0.1) is 14.1 Å². The molecule has 0 aliphatic rings. The number of carbonyl (C=O) groups excluding carboxylic acids is 1. The van der Waals surface area contributed by atoms with Crippen molar-refractivity contribution in [2.45, 2.75) is 36.9 Å². The molecule has 0 heterocycles. The Morgan fingerprint density at radius 1 is 1.05 bits per heavy atom. The molecule has 0 saturated carbocycles. The fourth-order valence-electron chi connectivity index (χ4n) is 1.27. The molecule has 0 aromatic carbocycles. The summed E-state index contributed by atoms with van der Waals surface area (Å²) in [4.78, 5) is 21.1. The standard InChI is InChI=1S/C10H18O9/c1-19-3-6(13)8(15)9(16)7(14)4(11)2-5(12)10(17)18/h4,6-9,11,13-16H,2-3H2,1H3,(H,17,18)/t4-,6+,7+,8+,9+/m0/s1/i1D. The first-order valence-electron chi connectivity index (χ1n) is 5.96. The second-order valence-electron chi connectivity index (χ2n) is 3.91. The summed E-state index contributed by atoms with van der Waals surface area (Å²) in [7, 11) is -0.488. The number of carboxylic acid groups (broad SMARTS) is 1. The van der Waals surface area contributed by atoms with E-state index in [4.69, 9.17) is 6.48 Å². The first-order valence-corrected chi connectivity index (χ1v) is 5.25. The molecule has 0 fully saturated rings. The highest BCUT2D eigenvalue weighted by atomic mass is 16.5. The summed E-state index contributed by atoms with van der Waals surface area (Å²) in [5.41, 5.74) is 0. The van der Waals surface area contributed by atoms with Crippen LogP contribution in [0, 0.1) is 0 Å². The third-order valence-corrected chi connectivity index (χ3v) is 2.41. The lowest BCUT2D eigenvalue weighted by molar-refractivity contribution is -0.156. The maximum Gasteiger partial charge on any atom is 0.372 e. The molecule has 0 radical (unpaired) electrons. The van der Waals surface area contributed by atoms with E-state index in [1.54, 1.807) is 0 Å². The first kappa shape index (κ1) is 16.0. The summed E-state index contributed by atoms with van der Waals surface area (Å²) >= 11 is 0. The van der Waals surface area contributed by atoms with Crippen molar-refractivity contribution < 1.29 is 46.3 Å². The van der Waals surface area contributed by atoms with Crippen molar-refractivity contribution in [3.63, 3.8) is 0 Å². The van der Waals surface area contributed by atoms with Gasteiger partial charge in [0, 0.05) is 13.5 Å². The van der Waals surface area contributed by atoms with Crippen LogP contribution in [-0.2, 0) is 14.3 Å².